The average molecular weight is 517 g/mol. The Hall–Kier alpha value is -3.82. The molecule has 0 aliphatic carbocycles. The van der Waals surface area contributed by atoms with E-state index < -0.39 is 0 Å². The van der Waals surface area contributed by atoms with Crippen molar-refractivity contribution in [3.63, 3.8) is 0 Å². The van der Waals surface area contributed by atoms with Crippen molar-refractivity contribution in [2.75, 3.05) is 11.9 Å². The standard InChI is InChI=1S/C27H21FN4O2S2/c1-16-18(10-12-32(16)27(33)34-14-17-5-3-2-4-6-17)23-13-19-20(9-11-29-26(19)36-23)31-21-7-8-22-25(24(21)28)30-15-35-22/h2-11,13,15-16H,12,14H2,1H3,(H,29,31). The Labute approximate surface area is 214 Å². The molecule has 9 heteroatoms. The van der Waals surface area contributed by atoms with Crippen LogP contribution in [0.1, 0.15) is 17.4 Å². The molecule has 4 heterocycles. The van der Waals surface area contributed by atoms with Crippen molar-refractivity contribution in [2.45, 2.75) is 19.6 Å². The molecule has 0 spiro atoms. The van der Waals surface area contributed by atoms with Crippen LogP contribution in [0.3, 0.4) is 0 Å². The summed E-state index contributed by atoms with van der Waals surface area (Å²) in [5.74, 6) is -0.369. The van der Waals surface area contributed by atoms with Crippen LogP contribution in [0.4, 0.5) is 20.6 Å². The monoisotopic (exact) mass is 516 g/mol. The van der Waals surface area contributed by atoms with Gasteiger partial charge >= 0.3 is 6.09 Å². The minimum absolute atomic E-state index is 0.137. The fourth-order valence-electron chi connectivity index (χ4n) is 4.37. The highest BCUT2D eigenvalue weighted by molar-refractivity contribution is 7.19. The van der Waals surface area contributed by atoms with Gasteiger partial charge in [0.25, 0.3) is 0 Å². The smallest absolute Gasteiger partial charge is 0.410 e. The molecule has 5 aromatic rings. The van der Waals surface area contributed by atoms with Crippen LogP contribution >= 0.6 is 22.7 Å². The van der Waals surface area contributed by atoms with Crippen LogP contribution in [0, 0.1) is 5.82 Å². The topological polar surface area (TPSA) is 67.4 Å². The van der Waals surface area contributed by atoms with E-state index in [0.29, 0.717) is 17.7 Å². The molecule has 36 heavy (non-hydrogen) atoms. The summed E-state index contributed by atoms with van der Waals surface area (Å²) in [6.45, 7) is 2.72. The fraction of sp³-hybridized carbons (Fsp3) is 0.148. The van der Waals surface area contributed by atoms with Gasteiger partial charge in [-0.25, -0.2) is 19.2 Å². The zero-order valence-electron chi connectivity index (χ0n) is 19.3. The van der Waals surface area contributed by atoms with Crippen molar-refractivity contribution in [3.05, 3.63) is 88.6 Å². The van der Waals surface area contributed by atoms with Gasteiger partial charge in [0.05, 0.1) is 27.6 Å². The summed E-state index contributed by atoms with van der Waals surface area (Å²) in [5, 5.41) is 4.12. The van der Waals surface area contributed by atoms with E-state index in [1.54, 1.807) is 34.0 Å². The number of aromatic nitrogens is 2. The van der Waals surface area contributed by atoms with Gasteiger partial charge in [-0.05, 0) is 42.3 Å². The minimum Gasteiger partial charge on any atom is -0.445 e. The first-order valence-corrected chi connectivity index (χ1v) is 13.1. The number of amides is 1. The fourth-order valence-corrected chi connectivity index (χ4v) is 6.19. The van der Waals surface area contributed by atoms with Gasteiger partial charge in [0.15, 0.2) is 5.82 Å². The molecule has 1 unspecified atom stereocenters. The van der Waals surface area contributed by atoms with Crippen molar-refractivity contribution < 1.29 is 13.9 Å². The van der Waals surface area contributed by atoms with Crippen LogP contribution in [0.5, 0.6) is 0 Å². The number of ether oxygens (including phenoxy) is 1. The van der Waals surface area contributed by atoms with Gasteiger partial charge in [-0.2, -0.15) is 0 Å². The molecule has 6 rings (SSSR count). The number of carbonyl (C=O) groups is 1. The van der Waals surface area contributed by atoms with Crippen LogP contribution in [-0.4, -0.2) is 33.5 Å². The highest BCUT2D eigenvalue weighted by atomic mass is 32.1. The van der Waals surface area contributed by atoms with Crippen molar-refractivity contribution in [1.82, 2.24) is 14.9 Å². The highest BCUT2D eigenvalue weighted by Crippen LogP contribution is 2.39. The van der Waals surface area contributed by atoms with Crippen molar-refractivity contribution in [1.29, 1.82) is 0 Å². The predicted molar refractivity (Wildman–Crippen MR) is 143 cm³/mol. The van der Waals surface area contributed by atoms with Gasteiger partial charge in [-0.3, -0.25) is 4.90 Å². The Balaban J connectivity index is 1.22. The van der Waals surface area contributed by atoms with E-state index in [4.69, 9.17) is 4.74 Å². The second-order valence-corrected chi connectivity index (χ2v) is 10.4. The van der Waals surface area contributed by atoms with Gasteiger partial charge in [-0.15, -0.1) is 22.7 Å². The molecule has 0 fully saturated rings. The molecule has 0 saturated heterocycles. The number of fused-ring (bicyclic) bond motifs is 2. The zero-order chi connectivity index (χ0) is 24.6. The van der Waals surface area contributed by atoms with E-state index in [9.17, 15) is 9.18 Å². The molecule has 1 aliphatic heterocycles. The molecule has 0 radical (unpaired) electrons. The molecule has 1 N–H and O–H groups in total. The van der Waals surface area contributed by atoms with Crippen molar-refractivity contribution >= 4 is 66.1 Å². The molecule has 2 aromatic carbocycles. The predicted octanol–water partition coefficient (Wildman–Crippen LogP) is 7.21. The van der Waals surface area contributed by atoms with Crippen LogP contribution < -0.4 is 5.32 Å². The maximum Gasteiger partial charge on any atom is 0.410 e. The summed E-state index contributed by atoms with van der Waals surface area (Å²) >= 11 is 2.96. The number of pyridine rings is 1. The third-order valence-corrected chi connectivity index (χ3v) is 8.18. The third-order valence-electron chi connectivity index (χ3n) is 6.30. The van der Waals surface area contributed by atoms with E-state index >= 15 is 0 Å². The van der Waals surface area contributed by atoms with E-state index in [0.717, 1.165) is 36.6 Å². The van der Waals surface area contributed by atoms with Crippen LogP contribution in [-0.2, 0) is 11.3 Å². The quantitative estimate of drug-likeness (QED) is 0.267. The number of thiophene rings is 1. The first kappa shape index (κ1) is 22.6. The number of benzene rings is 2. The largest absolute Gasteiger partial charge is 0.445 e. The SMILES string of the molecule is CC1C(c2cc3c(Nc4ccc5scnc5c4F)ccnc3s2)=CCN1C(=O)OCc1ccccc1. The van der Waals surface area contributed by atoms with Gasteiger partial charge in [0.1, 0.15) is 17.0 Å². The molecule has 1 atom stereocenters. The van der Waals surface area contributed by atoms with Crippen molar-refractivity contribution in [3.8, 4) is 0 Å². The number of nitrogens with one attached hydrogen (secondary N) is 1. The number of halogens is 1. The van der Waals surface area contributed by atoms with Crippen LogP contribution in [0.2, 0.25) is 0 Å². The molecule has 3 aromatic heterocycles. The lowest BCUT2D eigenvalue weighted by molar-refractivity contribution is 0.0977. The first-order valence-electron chi connectivity index (χ1n) is 11.4. The minimum atomic E-state index is -0.369. The van der Waals surface area contributed by atoms with Gasteiger partial charge in [-0.1, -0.05) is 36.4 Å². The van der Waals surface area contributed by atoms with Gasteiger partial charge in [0.2, 0.25) is 0 Å². The molecular formula is C27H21FN4O2S2. The Morgan fingerprint density at radius 3 is 2.89 bits per heavy atom. The number of anilines is 2. The third kappa shape index (κ3) is 4.10. The summed E-state index contributed by atoms with van der Waals surface area (Å²) in [6.07, 6.45) is 3.43. The second kappa shape index (κ2) is 9.33. The van der Waals surface area contributed by atoms with E-state index in [1.165, 1.54) is 11.3 Å². The highest BCUT2D eigenvalue weighted by Gasteiger charge is 2.30. The average Bonchev–Trinajstić information content (AvgIpc) is 3.63. The number of thiazole rings is 1. The number of nitrogens with zero attached hydrogens (tertiary/aromatic N) is 3. The maximum atomic E-state index is 15.0. The molecule has 180 valence electrons. The van der Waals surface area contributed by atoms with E-state index in [-0.39, 0.29) is 24.6 Å². The Bertz CT molecular complexity index is 1610. The summed E-state index contributed by atoms with van der Waals surface area (Å²) in [4.78, 5) is 25.0. The second-order valence-electron chi connectivity index (χ2n) is 8.47. The molecule has 0 bridgehead atoms. The van der Waals surface area contributed by atoms with Crippen LogP contribution in [0.15, 0.2) is 72.4 Å². The van der Waals surface area contributed by atoms with Gasteiger partial charge < -0.3 is 10.1 Å². The lowest BCUT2D eigenvalue weighted by atomic mass is 10.1. The number of rotatable bonds is 5. The van der Waals surface area contributed by atoms with E-state index in [1.807, 2.05) is 49.4 Å². The molecule has 1 aliphatic rings. The normalized spacial score (nSPS) is 15.4. The Morgan fingerprint density at radius 2 is 2.03 bits per heavy atom. The summed E-state index contributed by atoms with van der Waals surface area (Å²) < 4.78 is 21.3. The maximum absolute atomic E-state index is 15.0. The summed E-state index contributed by atoms with van der Waals surface area (Å²) in [6, 6.07) is 17.0. The zero-order valence-corrected chi connectivity index (χ0v) is 20.9. The Kier molecular flexibility index (Phi) is 5.86. The summed E-state index contributed by atoms with van der Waals surface area (Å²) in [7, 11) is 0. The first-order chi connectivity index (χ1) is 17.6. The lowest BCUT2D eigenvalue weighted by Crippen LogP contribution is -2.35. The van der Waals surface area contributed by atoms with Gasteiger partial charge in [0, 0.05) is 23.0 Å². The Morgan fingerprint density at radius 1 is 1.17 bits per heavy atom. The number of hydrogen-bond donors (Lipinski definition) is 1. The molecule has 6 nitrogen and oxygen atoms in total. The molecular weight excluding hydrogens is 495 g/mol. The molecule has 1 amide bonds. The van der Waals surface area contributed by atoms with Crippen LogP contribution in [0.25, 0.3) is 26.0 Å². The molecule has 0 saturated carbocycles. The number of carbonyl (C=O) groups excluding carboxylic acids is 1. The van der Waals surface area contributed by atoms with E-state index in [2.05, 4.69) is 27.4 Å². The van der Waals surface area contributed by atoms with Crippen molar-refractivity contribution in [2.24, 2.45) is 0 Å². The lowest BCUT2D eigenvalue weighted by Gasteiger charge is -2.23. The number of hydrogen-bond acceptors (Lipinski definition) is 7. The summed E-state index contributed by atoms with van der Waals surface area (Å²) in [5.41, 5.74) is 5.15.